The molecule has 4 heterocycles. The summed E-state index contributed by atoms with van der Waals surface area (Å²) in [6, 6.07) is 25.5. The van der Waals surface area contributed by atoms with Gasteiger partial charge in [0.25, 0.3) is 11.8 Å². The normalized spacial score (nSPS) is 13.0. The van der Waals surface area contributed by atoms with E-state index in [1.165, 1.54) is 32.8 Å². The van der Waals surface area contributed by atoms with Crippen LogP contribution >= 0.6 is 34.2 Å². The second kappa shape index (κ2) is 21.4. The maximum absolute atomic E-state index is 13.6. The summed E-state index contributed by atoms with van der Waals surface area (Å²) >= 11 is 8.35. The summed E-state index contributed by atoms with van der Waals surface area (Å²) in [7, 11) is 1.61. The van der Waals surface area contributed by atoms with Crippen LogP contribution in [0, 0.1) is 23.3 Å². The van der Waals surface area contributed by atoms with Crippen molar-refractivity contribution in [2.75, 3.05) is 51.2 Å². The fourth-order valence-corrected chi connectivity index (χ4v) is 6.90. The van der Waals surface area contributed by atoms with Crippen LogP contribution in [0.4, 0.5) is 40.3 Å². The smallest absolute Gasteiger partial charge is 0.276 e. The zero-order valence-electron chi connectivity index (χ0n) is 34.4. The molecule has 2 amide bonds. The van der Waals surface area contributed by atoms with Gasteiger partial charge in [0, 0.05) is 59.5 Å². The molecule has 0 spiro atoms. The van der Waals surface area contributed by atoms with E-state index in [1.807, 2.05) is 48.5 Å². The van der Waals surface area contributed by atoms with E-state index in [0.717, 1.165) is 60.0 Å². The standard InChI is InChI=1S/C22H21ClF2N4O.C20H18F2N4O2.C3H7I/c1-2-9-27(17-5-3-15(23)4-6-17)14-16-12-21-22(30)28(10-11-29(21)26-16)18-7-8-19(24)20(25)13-18;1-28-16-5-2-13(3-6-16)23-12-14-10-19-20(27)25(8-9-26(19)24-14)15-4-7-17(21)18(22)11-15;1-2-3-4/h3-8,12-13H,2,9-11,14H2,1H3;2-7,10-11,23H,8-9,12H2,1H3;2-3H2,1H3. The van der Waals surface area contributed by atoms with E-state index in [4.69, 9.17) is 16.3 Å². The van der Waals surface area contributed by atoms with Crippen molar-refractivity contribution >= 4 is 68.8 Å². The molecule has 0 aliphatic carbocycles. The molecule has 8 rings (SSSR count). The number of nitrogens with zero attached hydrogens (tertiary/aromatic N) is 7. The molecule has 0 fully saturated rings. The molecule has 0 saturated carbocycles. The van der Waals surface area contributed by atoms with Gasteiger partial charge in [-0.1, -0.05) is 48.0 Å². The highest BCUT2D eigenvalue weighted by Gasteiger charge is 2.30. The molecule has 0 atom stereocenters. The third kappa shape index (κ3) is 11.2. The first-order valence-electron chi connectivity index (χ1n) is 20.0. The lowest BCUT2D eigenvalue weighted by Gasteiger charge is -2.27. The van der Waals surface area contributed by atoms with Crippen molar-refractivity contribution in [3.8, 4) is 5.75 Å². The summed E-state index contributed by atoms with van der Waals surface area (Å²) in [5.41, 5.74) is 4.94. The zero-order valence-corrected chi connectivity index (χ0v) is 37.3. The number of methoxy groups -OCH3 is 1. The third-order valence-electron chi connectivity index (χ3n) is 9.88. The number of carbonyl (C=O) groups excluding carboxylic acids is 2. The van der Waals surface area contributed by atoms with Gasteiger partial charge in [-0.25, -0.2) is 17.6 Å². The number of fused-ring (bicyclic) bond motifs is 2. The molecule has 0 bridgehead atoms. The van der Waals surface area contributed by atoms with Crippen LogP contribution in [0.2, 0.25) is 5.02 Å². The van der Waals surface area contributed by atoms with Crippen LogP contribution in [0.25, 0.3) is 0 Å². The number of carbonyl (C=O) groups is 2. The molecule has 0 unspecified atom stereocenters. The van der Waals surface area contributed by atoms with Gasteiger partial charge in [-0.3, -0.25) is 19.0 Å². The highest BCUT2D eigenvalue weighted by atomic mass is 127. The molecule has 2 aromatic heterocycles. The monoisotopic (exact) mass is 984 g/mol. The Morgan fingerprint density at radius 3 is 1.69 bits per heavy atom. The van der Waals surface area contributed by atoms with Gasteiger partial charge in [-0.15, -0.1) is 0 Å². The van der Waals surface area contributed by atoms with Crippen LogP contribution in [0.3, 0.4) is 0 Å². The molecule has 326 valence electrons. The van der Waals surface area contributed by atoms with E-state index >= 15 is 0 Å². The Balaban J connectivity index is 0.000000191. The van der Waals surface area contributed by atoms with Gasteiger partial charge in [-0.2, -0.15) is 10.2 Å². The first kappa shape index (κ1) is 45.9. The first-order chi connectivity index (χ1) is 29.9. The van der Waals surface area contributed by atoms with Gasteiger partial charge >= 0.3 is 0 Å². The average molecular weight is 985 g/mol. The summed E-state index contributed by atoms with van der Waals surface area (Å²) in [5, 5.41) is 13.0. The number of hydrogen-bond acceptors (Lipinski definition) is 7. The van der Waals surface area contributed by atoms with E-state index in [2.05, 4.69) is 56.9 Å². The van der Waals surface area contributed by atoms with Gasteiger partial charge < -0.3 is 24.8 Å². The quantitative estimate of drug-likeness (QED) is 0.0741. The van der Waals surface area contributed by atoms with Crippen LogP contribution in [0.15, 0.2) is 97.1 Å². The van der Waals surface area contributed by atoms with E-state index in [1.54, 1.807) is 28.6 Å². The second-order valence-electron chi connectivity index (χ2n) is 14.3. The molecule has 2 aliphatic rings. The van der Waals surface area contributed by atoms with Gasteiger partial charge in [0.05, 0.1) is 44.7 Å². The van der Waals surface area contributed by atoms with Crippen LogP contribution < -0.4 is 24.8 Å². The van der Waals surface area contributed by atoms with Crippen molar-refractivity contribution in [1.29, 1.82) is 0 Å². The van der Waals surface area contributed by atoms with Crippen molar-refractivity contribution < 1.29 is 31.9 Å². The molecule has 62 heavy (non-hydrogen) atoms. The Morgan fingerprint density at radius 2 is 1.21 bits per heavy atom. The largest absolute Gasteiger partial charge is 0.497 e. The third-order valence-corrected chi connectivity index (χ3v) is 11.2. The minimum Gasteiger partial charge on any atom is -0.497 e. The van der Waals surface area contributed by atoms with Gasteiger partial charge in [-0.05, 0) is 102 Å². The van der Waals surface area contributed by atoms with Gasteiger partial charge in [0.2, 0.25) is 0 Å². The second-order valence-corrected chi connectivity index (χ2v) is 15.8. The SMILES string of the molecule is CCCI.CCCN(Cc1cc2n(n1)CCN(c1ccc(F)c(F)c1)C2=O)c1ccc(Cl)cc1.COc1ccc(NCc2cc3n(n2)CCN(c2ccc(F)c(F)c2)C3=O)cc1. The number of rotatable bonds is 12. The fraction of sp³-hybridized carbons (Fsp3) is 0.289. The minimum absolute atomic E-state index is 0.278. The number of alkyl halides is 1. The Morgan fingerprint density at radius 1 is 0.694 bits per heavy atom. The summed E-state index contributed by atoms with van der Waals surface area (Å²) < 4.78 is 63.3. The predicted octanol–water partition coefficient (Wildman–Crippen LogP) is 10.2. The van der Waals surface area contributed by atoms with E-state index in [-0.39, 0.29) is 11.8 Å². The van der Waals surface area contributed by atoms with Crippen LogP contribution in [-0.2, 0) is 26.2 Å². The number of nitrogens with one attached hydrogen (secondary N) is 1. The Labute approximate surface area is 376 Å². The number of hydrogen-bond donors (Lipinski definition) is 1. The lowest BCUT2D eigenvalue weighted by Crippen LogP contribution is -2.40. The van der Waals surface area contributed by atoms with Crippen molar-refractivity contribution in [3.05, 3.63) is 148 Å². The number of anilines is 4. The average Bonchev–Trinajstić information content (AvgIpc) is 3.91. The molecular weight excluding hydrogens is 939 g/mol. The van der Waals surface area contributed by atoms with E-state index in [0.29, 0.717) is 72.7 Å². The van der Waals surface area contributed by atoms with Crippen molar-refractivity contribution in [2.45, 2.75) is 52.9 Å². The molecule has 11 nitrogen and oxygen atoms in total. The zero-order chi connectivity index (χ0) is 44.3. The van der Waals surface area contributed by atoms with E-state index < -0.39 is 23.3 Å². The van der Waals surface area contributed by atoms with E-state index in [9.17, 15) is 27.2 Å². The molecule has 0 radical (unpaired) electrons. The van der Waals surface area contributed by atoms with Crippen molar-refractivity contribution in [1.82, 2.24) is 19.6 Å². The number of halogens is 6. The summed E-state index contributed by atoms with van der Waals surface area (Å²) in [6.07, 6.45) is 2.26. The van der Waals surface area contributed by atoms with Crippen molar-refractivity contribution in [2.24, 2.45) is 0 Å². The molecule has 0 saturated heterocycles. The molecule has 2 aliphatic heterocycles. The molecule has 17 heteroatoms. The summed E-state index contributed by atoms with van der Waals surface area (Å²) in [6.45, 7) is 7.74. The molecule has 6 aromatic rings. The molecule has 4 aromatic carbocycles. The number of ether oxygens (including phenoxy) is 1. The Kier molecular flexibility index (Phi) is 15.9. The lowest BCUT2D eigenvalue weighted by molar-refractivity contribution is 0.0954. The lowest BCUT2D eigenvalue weighted by atomic mass is 10.2. The first-order valence-corrected chi connectivity index (χ1v) is 21.9. The Bertz CT molecular complexity index is 2460. The molecule has 1 N–H and O–H groups in total. The summed E-state index contributed by atoms with van der Waals surface area (Å²) in [5.74, 6) is -3.63. The predicted molar refractivity (Wildman–Crippen MR) is 243 cm³/mol. The summed E-state index contributed by atoms with van der Waals surface area (Å²) in [4.78, 5) is 30.8. The van der Waals surface area contributed by atoms with Crippen LogP contribution in [0.5, 0.6) is 5.75 Å². The van der Waals surface area contributed by atoms with Crippen LogP contribution in [0.1, 0.15) is 59.1 Å². The maximum Gasteiger partial charge on any atom is 0.276 e. The topological polar surface area (TPSA) is 101 Å². The van der Waals surface area contributed by atoms with Crippen molar-refractivity contribution in [3.63, 3.8) is 0 Å². The number of benzene rings is 4. The highest BCUT2D eigenvalue weighted by Crippen LogP contribution is 2.27. The van der Waals surface area contributed by atoms with Crippen LogP contribution in [-0.4, -0.2) is 62.5 Å². The minimum atomic E-state index is -0.978. The number of aromatic nitrogens is 4. The molecular formula is C45H46ClF4IN8O3. The maximum atomic E-state index is 13.6. The number of amides is 2. The fourth-order valence-electron chi connectivity index (χ4n) is 6.78. The van der Waals surface area contributed by atoms with Gasteiger partial charge in [0.15, 0.2) is 23.3 Å². The van der Waals surface area contributed by atoms with Gasteiger partial charge in [0.1, 0.15) is 17.1 Å². The Hall–Kier alpha value is -5.62. The highest BCUT2D eigenvalue weighted by molar-refractivity contribution is 14.1.